The Labute approximate surface area is 148 Å². The predicted octanol–water partition coefficient (Wildman–Crippen LogP) is 3.35. The molecule has 5 heteroatoms. The molecule has 25 heavy (non-hydrogen) atoms. The highest BCUT2D eigenvalue weighted by molar-refractivity contribution is 5.98. The van der Waals surface area contributed by atoms with Crippen molar-refractivity contribution in [3.8, 4) is 0 Å². The van der Waals surface area contributed by atoms with Crippen molar-refractivity contribution >= 4 is 11.7 Å². The number of likely N-dealkylation sites (tertiary alicyclic amines) is 1. The van der Waals surface area contributed by atoms with Crippen molar-refractivity contribution in [2.75, 3.05) is 13.1 Å². The molecule has 3 rings (SSSR count). The lowest BCUT2D eigenvalue weighted by atomic mass is 9.88. The Morgan fingerprint density at radius 3 is 2.44 bits per heavy atom. The molecule has 0 atom stereocenters. The minimum Gasteiger partial charge on any atom is -0.361 e. The normalized spacial score (nSPS) is 15.4. The van der Waals surface area contributed by atoms with E-state index in [1.165, 1.54) is 0 Å². The van der Waals surface area contributed by atoms with Gasteiger partial charge in [0.05, 0.1) is 5.69 Å². The van der Waals surface area contributed by atoms with Gasteiger partial charge in [0.25, 0.3) is 0 Å². The number of nitrogens with zero attached hydrogens (tertiary/aromatic N) is 2. The van der Waals surface area contributed by atoms with Crippen LogP contribution in [-0.4, -0.2) is 34.8 Å². The number of benzene rings is 1. The maximum Gasteiger partial charge on any atom is 0.222 e. The number of hydrogen-bond donors (Lipinski definition) is 0. The Bertz CT molecular complexity index is 724. The zero-order valence-electron chi connectivity index (χ0n) is 14.8. The molecule has 5 nitrogen and oxygen atoms in total. The summed E-state index contributed by atoms with van der Waals surface area (Å²) in [5.74, 6) is 1.15. The number of piperidine rings is 1. The number of aromatic nitrogens is 1. The first-order chi connectivity index (χ1) is 12.1. The summed E-state index contributed by atoms with van der Waals surface area (Å²) in [4.78, 5) is 26.8. The molecular formula is C20H24N2O3. The molecule has 1 aliphatic rings. The number of ketones is 1. The molecule has 0 N–H and O–H groups in total. The van der Waals surface area contributed by atoms with E-state index >= 15 is 0 Å². The number of amides is 1. The smallest absolute Gasteiger partial charge is 0.222 e. The minimum atomic E-state index is 0.0222. The van der Waals surface area contributed by atoms with Crippen molar-refractivity contribution in [3.05, 3.63) is 52.9 Å². The zero-order chi connectivity index (χ0) is 17.8. The van der Waals surface area contributed by atoms with Crippen LogP contribution < -0.4 is 0 Å². The molecule has 132 valence electrons. The molecule has 1 aliphatic heterocycles. The Kier molecular flexibility index (Phi) is 5.31. The molecule has 0 aliphatic carbocycles. The van der Waals surface area contributed by atoms with Crippen LogP contribution in [0, 0.1) is 19.8 Å². The fourth-order valence-corrected chi connectivity index (χ4v) is 3.48. The average molecular weight is 340 g/mol. The maximum absolute atomic E-state index is 12.5. The van der Waals surface area contributed by atoms with Gasteiger partial charge in [-0.1, -0.05) is 35.5 Å². The first kappa shape index (κ1) is 17.4. The molecule has 1 aromatic heterocycles. The molecule has 0 saturated carbocycles. The Morgan fingerprint density at radius 2 is 1.84 bits per heavy atom. The van der Waals surface area contributed by atoms with Crippen molar-refractivity contribution < 1.29 is 14.1 Å². The number of hydrogen-bond acceptors (Lipinski definition) is 4. The predicted molar refractivity (Wildman–Crippen MR) is 94.4 cm³/mol. The van der Waals surface area contributed by atoms with Crippen molar-refractivity contribution in [2.45, 2.75) is 39.5 Å². The molecule has 0 radical (unpaired) electrons. The summed E-state index contributed by atoms with van der Waals surface area (Å²) in [6, 6.07) is 9.42. The van der Waals surface area contributed by atoms with Gasteiger partial charge in [0.2, 0.25) is 5.91 Å². The fourth-order valence-electron chi connectivity index (χ4n) is 3.48. The zero-order valence-corrected chi connectivity index (χ0v) is 14.8. The molecule has 1 fully saturated rings. The monoisotopic (exact) mass is 340 g/mol. The quantitative estimate of drug-likeness (QED) is 0.783. The number of carbonyl (C=O) groups excluding carboxylic acids is 2. The Hall–Kier alpha value is -2.43. The fraction of sp³-hybridized carbons (Fsp3) is 0.450. The van der Waals surface area contributed by atoms with Crippen LogP contribution in [0.4, 0.5) is 0 Å². The van der Waals surface area contributed by atoms with Crippen LogP contribution in [-0.2, 0) is 11.2 Å². The van der Waals surface area contributed by atoms with E-state index in [9.17, 15) is 9.59 Å². The van der Waals surface area contributed by atoms with E-state index in [2.05, 4.69) is 5.16 Å². The van der Waals surface area contributed by atoms with E-state index in [4.69, 9.17) is 4.52 Å². The summed E-state index contributed by atoms with van der Waals surface area (Å²) in [5.41, 5.74) is 2.66. The van der Waals surface area contributed by atoms with Crippen LogP contribution in [0.5, 0.6) is 0 Å². The molecule has 1 amide bonds. The van der Waals surface area contributed by atoms with E-state index in [0.717, 1.165) is 35.4 Å². The third-order valence-corrected chi connectivity index (χ3v) is 5.05. The lowest BCUT2D eigenvalue weighted by Gasteiger charge is -2.31. The third-order valence-electron chi connectivity index (χ3n) is 5.05. The summed E-state index contributed by atoms with van der Waals surface area (Å²) >= 11 is 0. The van der Waals surface area contributed by atoms with E-state index in [0.29, 0.717) is 25.9 Å². The highest BCUT2D eigenvalue weighted by Gasteiger charge is 2.27. The molecule has 1 aromatic carbocycles. The van der Waals surface area contributed by atoms with Gasteiger partial charge in [-0.05, 0) is 33.1 Å². The second-order valence-electron chi connectivity index (χ2n) is 6.69. The second kappa shape index (κ2) is 7.64. The largest absolute Gasteiger partial charge is 0.361 e. The SMILES string of the molecule is Cc1noc(C)c1CCC(=O)N1CCC(C(=O)c2ccccc2)CC1. The van der Waals surface area contributed by atoms with Crippen molar-refractivity contribution in [3.63, 3.8) is 0 Å². The van der Waals surface area contributed by atoms with Crippen LogP contribution >= 0.6 is 0 Å². The number of Topliss-reactive ketones (excluding diaryl/α,β-unsaturated/α-hetero) is 1. The molecule has 1 saturated heterocycles. The van der Waals surface area contributed by atoms with Gasteiger partial charge in [-0.15, -0.1) is 0 Å². The van der Waals surface area contributed by atoms with E-state index in [1.54, 1.807) is 0 Å². The molecular weight excluding hydrogens is 316 g/mol. The summed E-state index contributed by atoms with van der Waals surface area (Å²) in [7, 11) is 0. The van der Waals surface area contributed by atoms with Gasteiger partial charge in [0.1, 0.15) is 5.76 Å². The highest BCUT2D eigenvalue weighted by Crippen LogP contribution is 2.23. The summed E-state index contributed by atoms with van der Waals surface area (Å²) in [5, 5.41) is 3.93. The second-order valence-corrected chi connectivity index (χ2v) is 6.69. The maximum atomic E-state index is 12.5. The first-order valence-corrected chi connectivity index (χ1v) is 8.85. The van der Waals surface area contributed by atoms with Crippen LogP contribution in [0.1, 0.15) is 46.6 Å². The molecule has 0 bridgehead atoms. The summed E-state index contributed by atoms with van der Waals surface area (Å²) in [6.45, 7) is 5.09. The van der Waals surface area contributed by atoms with E-state index < -0.39 is 0 Å². The van der Waals surface area contributed by atoms with Gasteiger partial charge < -0.3 is 9.42 Å². The van der Waals surface area contributed by atoms with Crippen molar-refractivity contribution in [1.82, 2.24) is 10.1 Å². The number of carbonyl (C=O) groups is 2. The van der Waals surface area contributed by atoms with Gasteiger partial charge in [-0.3, -0.25) is 9.59 Å². The molecule has 0 unspecified atom stereocenters. The Balaban J connectivity index is 1.50. The van der Waals surface area contributed by atoms with Gasteiger partial charge in [-0.2, -0.15) is 0 Å². The van der Waals surface area contributed by atoms with Gasteiger partial charge in [0.15, 0.2) is 5.78 Å². The lowest BCUT2D eigenvalue weighted by Crippen LogP contribution is -2.40. The van der Waals surface area contributed by atoms with Gasteiger partial charge in [-0.25, -0.2) is 0 Å². The first-order valence-electron chi connectivity index (χ1n) is 8.85. The van der Waals surface area contributed by atoms with E-state index in [1.807, 2.05) is 49.1 Å². The Morgan fingerprint density at radius 1 is 1.16 bits per heavy atom. The average Bonchev–Trinajstić information content (AvgIpc) is 2.98. The minimum absolute atomic E-state index is 0.0222. The van der Waals surface area contributed by atoms with Crippen molar-refractivity contribution in [1.29, 1.82) is 0 Å². The topological polar surface area (TPSA) is 63.4 Å². The van der Waals surface area contributed by atoms with Crippen LogP contribution in [0.25, 0.3) is 0 Å². The molecule has 2 heterocycles. The summed E-state index contributed by atoms with van der Waals surface area (Å²) < 4.78 is 5.14. The van der Waals surface area contributed by atoms with Gasteiger partial charge in [0, 0.05) is 36.6 Å². The summed E-state index contributed by atoms with van der Waals surface area (Å²) in [6.07, 6.45) is 2.60. The van der Waals surface area contributed by atoms with Crippen LogP contribution in [0.3, 0.4) is 0 Å². The van der Waals surface area contributed by atoms with Crippen LogP contribution in [0.2, 0.25) is 0 Å². The van der Waals surface area contributed by atoms with E-state index in [-0.39, 0.29) is 17.6 Å². The third kappa shape index (κ3) is 3.98. The van der Waals surface area contributed by atoms with Gasteiger partial charge >= 0.3 is 0 Å². The number of aryl methyl sites for hydroxylation is 2. The molecule has 2 aromatic rings. The molecule has 0 spiro atoms. The standard InChI is InChI=1S/C20H24N2O3/c1-14-18(15(2)25-21-14)8-9-19(23)22-12-10-17(11-13-22)20(24)16-6-4-3-5-7-16/h3-7,17H,8-13H2,1-2H3. The van der Waals surface area contributed by atoms with Crippen molar-refractivity contribution in [2.24, 2.45) is 5.92 Å². The van der Waals surface area contributed by atoms with Crippen LogP contribution in [0.15, 0.2) is 34.9 Å². The number of rotatable bonds is 5. The lowest BCUT2D eigenvalue weighted by molar-refractivity contribution is -0.132. The highest BCUT2D eigenvalue weighted by atomic mass is 16.5.